The van der Waals surface area contributed by atoms with E-state index in [1.807, 2.05) is 41.8 Å². The van der Waals surface area contributed by atoms with Crippen LogP contribution in [0, 0.1) is 0 Å². The molecule has 1 aliphatic rings. The first-order chi connectivity index (χ1) is 11.8. The number of piperidine rings is 1. The first-order valence-electron chi connectivity index (χ1n) is 8.52. The van der Waals surface area contributed by atoms with Gasteiger partial charge in [-0.3, -0.25) is 4.79 Å². The van der Waals surface area contributed by atoms with Gasteiger partial charge in [0.25, 0.3) is 0 Å². The highest BCUT2D eigenvalue weighted by Crippen LogP contribution is 2.20. The number of nitrogens with one attached hydrogen (secondary N) is 1. The zero-order valence-electron chi connectivity index (χ0n) is 14.1. The van der Waals surface area contributed by atoms with E-state index in [1.54, 1.807) is 29.4 Å². The summed E-state index contributed by atoms with van der Waals surface area (Å²) < 4.78 is 5.50. The number of benzene rings is 1. The van der Waals surface area contributed by atoms with Gasteiger partial charge in [-0.25, -0.2) is 0 Å². The fraction of sp³-hybridized carbons (Fsp3) is 0.350. The molecule has 1 saturated heterocycles. The summed E-state index contributed by atoms with van der Waals surface area (Å²) in [6.45, 7) is 3.35. The predicted molar refractivity (Wildman–Crippen MR) is 98.9 cm³/mol. The number of ether oxygens (including phenoxy) is 1. The molecule has 0 radical (unpaired) electrons. The highest BCUT2D eigenvalue weighted by Gasteiger charge is 2.17. The topological polar surface area (TPSA) is 30.7 Å². The quantitative estimate of drug-likeness (QED) is 0.645. The van der Waals surface area contributed by atoms with Crippen LogP contribution < -0.4 is 9.64 Å². The molecule has 0 aliphatic carbocycles. The van der Waals surface area contributed by atoms with Crippen molar-refractivity contribution in [3.05, 3.63) is 57.8 Å². The maximum absolute atomic E-state index is 12.5. The summed E-state index contributed by atoms with van der Waals surface area (Å²) in [6.07, 6.45) is 7.46. The summed E-state index contributed by atoms with van der Waals surface area (Å²) in [5.74, 6) is 0.924. The predicted octanol–water partition coefficient (Wildman–Crippen LogP) is 3.22. The molecule has 126 valence electrons. The van der Waals surface area contributed by atoms with E-state index in [1.165, 1.54) is 32.4 Å². The molecule has 0 bridgehead atoms. The van der Waals surface area contributed by atoms with Crippen LogP contribution in [-0.2, 0) is 6.54 Å². The SMILES string of the molecule is COc1ccc(C(=O)/C=C/c2cccs2)cc1C[NH+]1CCCCC1. The number of rotatable bonds is 6. The maximum atomic E-state index is 12.5. The second-order valence-corrected chi connectivity index (χ2v) is 7.21. The van der Waals surface area contributed by atoms with E-state index in [2.05, 4.69) is 0 Å². The summed E-state index contributed by atoms with van der Waals surface area (Å²) in [5.41, 5.74) is 1.86. The number of carbonyl (C=O) groups is 1. The van der Waals surface area contributed by atoms with Gasteiger partial charge in [-0.05, 0) is 61.1 Å². The molecule has 1 aromatic carbocycles. The van der Waals surface area contributed by atoms with Crippen LogP contribution in [0.4, 0.5) is 0 Å². The van der Waals surface area contributed by atoms with Crippen molar-refractivity contribution in [1.82, 2.24) is 0 Å². The van der Waals surface area contributed by atoms with Crippen LogP contribution in [-0.4, -0.2) is 26.0 Å². The van der Waals surface area contributed by atoms with Gasteiger partial charge >= 0.3 is 0 Å². The second kappa shape index (κ2) is 8.27. The molecule has 1 fully saturated rings. The molecular formula is C20H24NO2S+. The van der Waals surface area contributed by atoms with Gasteiger partial charge in [0.15, 0.2) is 5.78 Å². The van der Waals surface area contributed by atoms with Gasteiger partial charge in [0.1, 0.15) is 12.3 Å². The molecule has 3 nitrogen and oxygen atoms in total. The normalized spacial score (nSPS) is 15.7. The Morgan fingerprint density at radius 1 is 1.25 bits per heavy atom. The molecule has 0 atom stereocenters. The van der Waals surface area contributed by atoms with Crippen molar-refractivity contribution in [2.75, 3.05) is 20.2 Å². The lowest BCUT2D eigenvalue weighted by atomic mass is 10.0. The Morgan fingerprint density at radius 3 is 2.79 bits per heavy atom. The third-order valence-corrected chi connectivity index (χ3v) is 5.35. The smallest absolute Gasteiger partial charge is 0.185 e. The van der Waals surface area contributed by atoms with Crippen molar-refractivity contribution in [1.29, 1.82) is 0 Å². The maximum Gasteiger partial charge on any atom is 0.185 e. The standard InChI is InChI=1S/C20H23NO2S/c1-23-20-10-7-16(19(22)9-8-18-6-5-13-24-18)14-17(20)15-21-11-3-2-4-12-21/h5-10,13-14H,2-4,11-12,15H2,1H3/p+1/b9-8+. The van der Waals surface area contributed by atoms with Crippen LogP contribution in [0.5, 0.6) is 5.75 Å². The number of hydrogen-bond donors (Lipinski definition) is 1. The van der Waals surface area contributed by atoms with E-state index in [4.69, 9.17) is 4.74 Å². The molecule has 1 aliphatic heterocycles. The van der Waals surface area contributed by atoms with E-state index >= 15 is 0 Å². The van der Waals surface area contributed by atoms with Gasteiger partial charge in [0.05, 0.1) is 20.2 Å². The highest BCUT2D eigenvalue weighted by molar-refractivity contribution is 7.10. The van der Waals surface area contributed by atoms with E-state index in [0.29, 0.717) is 0 Å². The Bertz CT molecular complexity index is 700. The van der Waals surface area contributed by atoms with Gasteiger partial charge in [0.2, 0.25) is 0 Å². The molecule has 0 saturated carbocycles. The third kappa shape index (κ3) is 4.34. The van der Waals surface area contributed by atoms with E-state index in [9.17, 15) is 4.79 Å². The van der Waals surface area contributed by atoms with E-state index in [0.717, 1.165) is 28.3 Å². The lowest BCUT2D eigenvalue weighted by Gasteiger charge is -2.24. The molecule has 24 heavy (non-hydrogen) atoms. The number of allylic oxidation sites excluding steroid dienone is 1. The molecule has 1 N–H and O–H groups in total. The van der Waals surface area contributed by atoms with Crippen LogP contribution in [0.1, 0.15) is 40.1 Å². The Labute approximate surface area is 147 Å². The van der Waals surface area contributed by atoms with Crippen LogP contribution in [0.15, 0.2) is 41.8 Å². The summed E-state index contributed by atoms with van der Waals surface area (Å²) in [6, 6.07) is 9.77. The average molecular weight is 342 g/mol. The number of thiophene rings is 1. The monoisotopic (exact) mass is 342 g/mol. The molecule has 4 heteroatoms. The Morgan fingerprint density at radius 2 is 2.08 bits per heavy atom. The van der Waals surface area contributed by atoms with E-state index in [-0.39, 0.29) is 5.78 Å². The van der Waals surface area contributed by atoms with Crippen LogP contribution in [0.3, 0.4) is 0 Å². The van der Waals surface area contributed by atoms with Crippen molar-refractivity contribution >= 4 is 23.2 Å². The second-order valence-electron chi connectivity index (χ2n) is 6.23. The minimum atomic E-state index is 0.0425. The largest absolute Gasteiger partial charge is 0.496 e. The summed E-state index contributed by atoms with van der Waals surface area (Å²) >= 11 is 1.63. The lowest BCUT2D eigenvalue weighted by Crippen LogP contribution is -3.11. The van der Waals surface area contributed by atoms with Crippen molar-refractivity contribution in [2.24, 2.45) is 0 Å². The number of ketones is 1. The number of methoxy groups -OCH3 is 1. The molecule has 2 heterocycles. The zero-order valence-corrected chi connectivity index (χ0v) is 14.9. The highest BCUT2D eigenvalue weighted by atomic mass is 32.1. The Hall–Kier alpha value is -1.91. The molecule has 0 amide bonds. The molecular weight excluding hydrogens is 318 g/mol. The van der Waals surface area contributed by atoms with Crippen molar-refractivity contribution in [3.63, 3.8) is 0 Å². The first kappa shape index (κ1) is 16.9. The van der Waals surface area contributed by atoms with Crippen molar-refractivity contribution < 1.29 is 14.4 Å². The number of carbonyl (C=O) groups excluding carboxylic acids is 1. The fourth-order valence-corrected chi connectivity index (χ4v) is 3.83. The van der Waals surface area contributed by atoms with Gasteiger partial charge < -0.3 is 9.64 Å². The van der Waals surface area contributed by atoms with Gasteiger partial charge in [-0.2, -0.15) is 0 Å². The van der Waals surface area contributed by atoms with Crippen LogP contribution in [0.25, 0.3) is 6.08 Å². The summed E-state index contributed by atoms with van der Waals surface area (Å²) in [7, 11) is 1.70. The number of quaternary nitrogens is 1. The van der Waals surface area contributed by atoms with Gasteiger partial charge in [0, 0.05) is 16.0 Å². The van der Waals surface area contributed by atoms with Crippen molar-refractivity contribution in [2.45, 2.75) is 25.8 Å². The Kier molecular flexibility index (Phi) is 5.83. The molecule has 3 rings (SSSR count). The lowest BCUT2D eigenvalue weighted by molar-refractivity contribution is -0.918. The molecule has 2 aromatic rings. The van der Waals surface area contributed by atoms with Crippen LogP contribution in [0.2, 0.25) is 0 Å². The summed E-state index contributed by atoms with van der Waals surface area (Å²) in [4.78, 5) is 15.1. The van der Waals surface area contributed by atoms with Gasteiger partial charge in [-0.1, -0.05) is 6.07 Å². The molecule has 0 unspecified atom stereocenters. The average Bonchev–Trinajstić information content (AvgIpc) is 3.14. The van der Waals surface area contributed by atoms with E-state index < -0.39 is 0 Å². The van der Waals surface area contributed by atoms with Crippen LogP contribution >= 0.6 is 11.3 Å². The van der Waals surface area contributed by atoms with Crippen molar-refractivity contribution in [3.8, 4) is 5.75 Å². The number of hydrogen-bond acceptors (Lipinski definition) is 3. The van der Waals surface area contributed by atoms with Gasteiger partial charge in [-0.15, -0.1) is 11.3 Å². The fourth-order valence-electron chi connectivity index (χ4n) is 3.21. The summed E-state index contributed by atoms with van der Waals surface area (Å²) in [5, 5.41) is 2.01. The Balaban J connectivity index is 1.76. The molecule has 1 aromatic heterocycles. The third-order valence-electron chi connectivity index (χ3n) is 4.51. The number of likely N-dealkylation sites (tertiary alicyclic amines) is 1. The minimum Gasteiger partial charge on any atom is -0.496 e. The first-order valence-corrected chi connectivity index (χ1v) is 9.40. The molecule has 0 spiro atoms. The zero-order chi connectivity index (χ0) is 16.8. The minimum absolute atomic E-state index is 0.0425.